The van der Waals surface area contributed by atoms with Crippen molar-refractivity contribution in [1.82, 2.24) is 40.4 Å². The number of hydrogen-bond acceptors (Lipinski definition) is 8. The SMILES string of the molecule is COC(=O)NCC(C(=O)N1CCC[C@H]1c1nc2c([nH]1)CCc1cc(-c3ccc(-c4cnc([C@@H]5CC(F)(F)CN5C(=O)[C@@H](NC(=O)OC)C(C)C)[nH]4)cc3)ccc1-2)C(C)C. The molecule has 14 nitrogen and oxygen atoms in total. The maximum Gasteiger partial charge on any atom is 0.407 e. The molecule has 4 amide bonds. The van der Waals surface area contributed by atoms with E-state index in [4.69, 9.17) is 9.72 Å². The number of aromatic nitrogens is 4. The highest BCUT2D eigenvalue weighted by Gasteiger charge is 2.50. The lowest BCUT2D eigenvalue weighted by Crippen LogP contribution is -2.51. The number of carbonyl (C=O) groups is 4. The van der Waals surface area contributed by atoms with Gasteiger partial charge in [-0.05, 0) is 59.8 Å². The van der Waals surface area contributed by atoms with Crippen LogP contribution in [0.25, 0.3) is 33.6 Å². The number of H-pyrrole nitrogens is 2. The van der Waals surface area contributed by atoms with Crippen molar-refractivity contribution in [2.24, 2.45) is 17.8 Å². The van der Waals surface area contributed by atoms with E-state index in [1.54, 1.807) is 20.0 Å². The van der Waals surface area contributed by atoms with Crippen molar-refractivity contribution < 1.29 is 37.4 Å². The van der Waals surface area contributed by atoms with Gasteiger partial charge in [0.15, 0.2) is 0 Å². The summed E-state index contributed by atoms with van der Waals surface area (Å²) >= 11 is 0. The Morgan fingerprint density at radius 2 is 1.58 bits per heavy atom. The average Bonchev–Trinajstić information content (AvgIpc) is 4.04. The topological polar surface area (TPSA) is 175 Å². The normalized spacial score (nSPS) is 19.3. The number of carbonyl (C=O) groups excluding carboxylic acids is 4. The van der Waals surface area contributed by atoms with Gasteiger partial charge in [0.25, 0.3) is 5.92 Å². The molecule has 314 valence electrons. The van der Waals surface area contributed by atoms with Crippen molar-refractivity contribution >= 4 is 24.0 Å². The van der Waals surface area contributed by atoms with Crippen LogP contribution in [0.4, 0.5) is 18.4 Å². The number of fused-ring (bicyclic) bond motifs is 3. The van der Waals surface area contributed by atoms with Gasteiger partial charge in [-0.2, -0.15) is 0 Å². The van der Waals surface area contributed by atoms with Gasteiger partial charge in [0.05, 0.1) is 56.4 Å². The molecule has 2 fully saturated rings. The fraction of sp³-hybridized carbons (Fsp3) is 0.488. The van der Waals surface area contributed by atoms with Gasteiger partial charge in [-0.25, -0.2) is 28.3 Å². The third-order valence-corrected chi connectivity index (χ3v) is 11.8. The Labute approximate surface area is 341 Å². The number of hydrogen-bond donors (Lipinski definition) is 4. The fourth-order valence-electron chi connectivity index (χ4n) is 8.53. The van der Waals surface area contributed by atoms with Crippen LogP contribution in [0.15, 0.2) is 48.7 Å². The van der Waals surface area contributed by atoms with Crippen LogP contribution in [0.5, 0.6) is 0 Å². The molecule has 4 N–H and O–H groups in total. The Kier molecular flexibility index (Phi) is 11.8. The summed E-state index contributed by atoms with van der Waals surface area (Å²) in [7, 11) is 2.48. The number of ether oxygens (including phenoxy) is 2. The summed E-state index contributed by atoms with van der Waals surface area (Å²) in [4.78, 5) is 70.3. The van der Waals surface area contributed by atoms with Crippen molar-refractivity contribution in [3.63, 3.8) is 0 Å². The summed E-state index contributed by atoms with van der Waals surface area (Å²) in [6, 6.07) is 12.0. The highest BCUT2D eigenvalue weighted by atomic mass is 19.3. The van der Waals surface area contributed by atoms with Crippen LogP contribution in [-0.2, 0) is 31.9 Å². The predicted molar refractivity (Wildman–Crippen MR) is 215 cm³/mol. The Morgan fingerprint density at radius 3 is 2.27 bits per heavy atom. The molecule has 4 atom stereocenters. The van der Waals surface area contributed by atoms with Crippen LogP contribution < -0.4 is 10.6 Å². The second-order valence-corrected chi connectivity index (χ2v) is 16.4. The largest absolute Gasteiger partial charge is 0.453 e. The van der Waals surface area contributed by atoms with E-state index in [0.29, 0.717) is 12.2 Å². The van der Waals surface area contributed by atoms with E-state index in [1.807, 2.05) is 43.0 Å². The van der Waals surface area contributed by atoms with Gasteiger partial charge in [-0.15, -0.1) is 0 Å². The molecule has 0 bridgehead atoms. The summed E-state index contributed by atoms with van der Waals surface area (Å²) in [5.41, 5.74) is 7.65. The number of rotatable bonds is 11. The molecule has 59 heavy (non-hydrogen) atoms. The van der Waals surface area contributed by atoms with Gasteiger partial charge >= 0.3 is 12.2 Å². The Morgan fingerprint density at radius 1 is 0.864 bits per heavy atom. The van der Waals surface area contributed by atoms with Crippen LogP contribution in [0.1, 0.15) is 81.9 Å². The number of alkyl halides is 2. The van der Waals surface area contributed by atoms with Crippen molar-refractivity contribution in [3.05, 3.63) is 71.6 Å². The summed E-state index contributed by atoms with van der Waals surface area (Å²) in [5, 5.41) is 5.18. The molecule has 2 aromatic carbocycles. The van der Waals surface area contributed by atoms with E-state index >= 15 is 0 Å². The van der Waals surface area contributed by atoms with Gasteiger partial charge in [-0.3, -0.25) is 9.59 Å². The Bertz CT molecular complexity index is 2200. The average molecular weight is 815 g/mol. The highest BCUT2D eigenvalue weighted by Crippen LogP contribution is 2.42. The van der Waals surface area contributed by atoms with E-state index in [0.717, 1.165) is 70.0 Å². The molecule has 2 aromatic heterocycles. The highest BCUT2D eigenvalue weighted by molar-refractivity contribution is 5.86. The second kappa shape index (κ2) is 16.8. The molecule has 0 spiro atoms. The van der Waals surface area contributed by atoms with Crippen molar-refractivity contribution in [2.45, 2.75) is 83.8 Å². The molecule has 7 rings (SSSR count). The fourth-order valence-corrected chi connectivity index (χ4v) is 8.53. The molecular formula is C43H52F2N8O6. The molecule has 2 saturated heterocycles. The monoisotopic (exact) mass is 814 g/mol. The molecular weight excluding hydrogens is 763 g/mol. The minimum Gasteiger partial charge on any atom is -0.453 e. The number of halogens is 2. The van der Waals surface area contributed by atoms with Crippen LogP contribution >= 0.6 is 0 Å². The lowest BCUT2D eigenvalue weighted by molar-refractivity contribution is -0.138. The van der Waals surface area contributed by atoms with Crippen LogP contribution in [-0.4, -0.2) is 99.6 Å². The van der Waals surface area contributed by atoms with Crippen LogP contribution in [0, 0.1) is 17.8 Å². The van der Waals surface area contributed by atoms with Crippen molar-refractivity contribution in [1.29, 1.82) is 0 Å². The molecule has 0 saturated carbocycles. The minimum absolute atomic E-state index is 0.000502. The third kappa shape index (κ3) is 8.53. The van der Waals surface area contributed by atoms with E-state index < -0.39 is 49.1 Å². The molecule has 2 aliphatic heterocycles. The van der Waals surface area contributed by atoms with Crippen LogP contribution in [0.2, 0.25) is 0 Å². The first kappa shape index (κ1) is 41.4. The zero-order valence-electron chi connectivity index (χ0n) is 34.2. The Balaban J connectivity index is 1.05. The number of nitrogens with zero attached hydrogens (tertiary/aromatic N) is 4. The quantitative estimate of drug-likeness (QED) is 0.128. The smallest absolute Gasteiger partial charge is 0.407 e. The lowest BCUT2D eigenvalue weighted by Gasteiger charge is -2.29. The standard InChI is InChI=1S/C43H52F2N8O6/c1-23(2)30(20-47-41(56)58-5)39(54)52-17-7-8-33(52)38-48-31-16-14-28-18-27(13-15-29(28)36(31)50-38)25-9-11-26(12-10-25)32-21-46-37(49-32)34-19-43(44,45)22-53(34)40(55)35(24(3)4)51-42(57)59-6/h9-13,15,18,21,23-24,30,33-35H,7-8,14,16-17,19-20,22H2,1-6H3,(H,46,49)(H,47,56)(H,48,50)(H,51,57)/t30?,33-,34-,35-/m0/s1. The number of methoxy groups -OCH3 is 2. The molecule has 0 radical (unpaired) electrons. The maximum absolute atomic E-state index is 14.8. The van der Waals surface area contributed by atoms with Crippen molar-refractivity contribution in [3.8, 4) is 33.6 Å². The van der Waals surface area contributed by atoms with E-state index in [2.05, 4.69) is 48.5 Å². The molecule has 4 heterocycles. The molecule has 4 aromatic rings. The maximum atomic E-state index is 14.8. The first-order chi connectivity index (χ1) is 28.2. The molecule has 1 aliphatic carbocycles. The van der Waals surface area contributed by atoms with E-state index in [-0.39, 0.29) is 42.1 Å². The number of aromatic amines is 2. The number of aryl methyl sites for hydroxylation is 2. The van der Waals surface area contributed by atoms with Gasteiger partial charge in [0.1, 0.15) is 17.7 Å². The third-order valence-electron chi connectivity index (χ3n) is 11.8. The summed E-state index contributed by atoms with van der Waals surface area (Å²) in [5.74, 6) is -3.45. The molecule has 3 aliphatic rings. The van der Waals surface area contributed by atoms with Gasteiger partial charge < -0.3 is 39.9 Å². The number of benzene rings is 2. The number of alkyl carbamates (subject to hydrolysis) is 2. The van der Waals surface area contributed by atoms with Gasteiger partial charge in [-0.1, -0.05) is 70.2 Å². The zero-order valence-corrected chi connectivity index (χ0v) is 34.2. The summed E-state index contributed by atoms with van der Waals surface area (Å²) in [6.45, 7) is 7.46. The number of likely N-dealkylation sites (tertiary alicyclic amines) is 2. The molecule has 16 heteroatoms. The second-order valence-electron chi connectivity index (χ2n) is 16.4. The van der Waals surface area contributed by atoms with E-state index in [1.165, 1.54) is 19.8 Å². The number of nitrogens with one attached hydrogen (secondary N) is 4. The first-order valence-corrected chi connectivity index (χ1v) is 20.2. The zero-order chi connectivity index (χ0) is 42.2. The number of amides is 4. The molecule has 1 unspecified atom stereocenters. The lowest BCUT2D eigenvalue weighted by atomic mass is 9.89. The minimum atomic E-state index is -3.13. The van der Waals surface area contributed by atoms with Gasteiger partial charge in [0, 0.05) is 30.8 Å². The predicted octanol–water partition coefficient (Wildman–Crippen LogP) is 6.81. The Hall–Kier alpha value is -5.80. The first-order valence-electron chi connectivity index (χ1n) is 20.2. The van der Waals surface area contributed by atoms with Crippen LogP contribution in [0.3, 0.4) is 0 Å². The summed E-state index contributed by atoms with van der Waals surface area (Å²) in [6.07, 6.45) is 2.90. The van der Waals surface area contributed by atoms with Crippen molar-refractivity contribution in [2.75, 3.05) is 33.9 Å². The van der Waals surface area contributed by atoms with E-state index in [9.17, 15) is 28.0 Å². The summed E-state index contributed by atoms with van der Waals surface area (Å²) < 4.78 is 39.0. The number of imidazole rings is 2. The van der Waals surface area contributed by atoms with Gasteiger partial charge in [0.2, 0.25) is 11.8 Å².